The van der Waals surface area contributed by atoms with Crippen molar-refractivity contribution in [2.45, 2.75) is 19.9 Å². The number of hydrogen-bond donors (Lipinski definition) is 2. The van der Waals surface area contributed by atoms with Crippen molar-refractivity contribution < 1.29 is 4.42 Å². The van der Waals surface area contributed by atoms with Crippen LogP contribution in [0.15, 0.2) is 27.5 Å². The molecule has 0 spiro atoms. The van der Waals surface area contributed by atoms with E-state index in [4.69, 9.17) is 4.42 Å². The maximum atomic E-state index is 11.4. The van der Waals surface area contributed by atoms with Gasteiger partial charge in [0.2, 0.25) is 5.89 Å². The van der Waals surface area contributed by atoms with Crippen LogP contribution in [-0.4, -0.2) is 24.8 Å². The lowest BCUT2D eigenvalue weighted by Gasteiger charge is -2.10. The predicted octanol–water partition coefficient (Wildman–Crippen LogP) is 0.887. The first-order valence-electron chi connectivity index (χ1n) is 5.77. The van der Waals surface area contributed by atoms with Crippen LogP contribution < -0.4 is 11.0 Å². The van der Waals surface area contributed by atoms with Crippen molar-refractivity contribution >= 4 is 11.5 Å². The Balaban J connectivity index is 1.88. The summed E-state index contributed by atoms with van der Waals surface area (Å²) in [5.74, 6) is 1.86. The fourth-order valence-electron chi connectivity index (χ4n) is 1.74. The number of anilines is 1. The first-order chi connectivity index (χ1) is 9.13. The highest BCUT2D eigenvalue weighted by Crippen LogP contribution is 2.17. The maximum absolute atomic E-state index is 11.4. The minimum absolute atomic E-state index is 0.152. The number of hydrogen-bond acceptors (Lipinski definition) is 6. The number of nitrogens with one attached hydrogen (secondary N) is 2. The standard InChI is InChI=1S/C11H12N6O2/c1-6-5-12-10(19-6)7(2)13-8-3-4-9-14-15-11(18)17(9)16-8/h3-5,7H,1-2H3,(H,13,16)(H,15,18). The summed E-state index contributed by atoms with van der Waals surface area (Å²) in [5.41, 5.74) is 0.0912. The third-order valence-corrected chi connectivity index (χ3v) is 2.65. The van der Waals surface area contributed by atoms with E-state index in [1.165, 1.54) is 4.52 Å². The number of aromatic nitrogens is 5. The van der Waals surface area contributed by atoms with Crippen LogP contribution in [0.4, 0.5) is 5.82 Å². The molecule has 0 bridgehead atoms. The van der Waals surface area contributed by atoms with E-state index in [2.05, 4.69) is 25.6 Å². The fraction of sp³-hybridized carbons (Fsp3) is 0.273. The van der Waals surface area contributed by atoms with Crippen LogP contribution in [0.25, 0.3) is 5.65 Å². The Kier molecular flexibility index (Phi) is 2.55. The second kappa shape index (κ2) is 4.23. The number of H-pyrrole nitrogens is 1. The van der Waals surface area contributed by atoms with Gasteiger partial charge < -0.3 is 9.73 Å². The van der Waals surface area contributed by atoms with Gasteiger partial charge in [-0.05, 0) is 26.0 Å². The first-order valence-corrected chi connectivity index (χ1v) is 5.77. The van der Waals surface area contributed by atoms with Gasteiger partial charge in [-0.3, -0.25) is 0 Å². The Bertz CT molecular complexity index is 771. The van der Waals surface area contributed by atoms with Gasteiger partial charge in [0, 0.05) is 0 Å². The minimum Gasteiger partial charge on any atom is -0.444 e. The van der Waals surface area contributed by atoms with E-state index in [0.29, 0.717) is 17.4 Å². The summed E-state index contributed by atoms with van der Waals surface area (Å²) in [6.07, 6.45) is 1.66. The Hall–Kier alpha value is -2.64. The molecular formula is C11H12N6O2. The Labute approximate surface area is 107 Å². The molecule has 8 nitrogen and oxygen atoms in total. The van der Waals surface area contributed by atoms with E-state index in [9.17, 15) is 4.79 Å². The smallest absolute Gasteiger partial charge is 0.364 e. The number of rotatable bonds is 3. The van der Waals surface area contributed by atoms with Gasteiger partial charge in [0.1, 0.15) is 17.6 Å². The summed E-state index contributed by atoms with van der Waals surface area (Å²) in [6, 6.07) is 3.28. The molecule has 98 valence electrons. The summed E-state index contributed by atoms with van der Waals surface area (Å²) in [7, 11) is 0. The number of aromatic amines is 1. The van der Waals surface area contributed by atoms with Crippen LogP contribution in [0.2, 0.25) is 0 Å². The number of nitrogens with zero attached hydrogens (tertiary/aromatic N) is 4. The molecule has 0 aliphatic heterocycles. The molecule has 3 rings (SSSR count). The summed E-state index contributed by atoms with van der Waals surface area (Å²) >= 11 is 0. The highest BCUT2D eigenvalue weighted by molar-refractivity contribution is 5.43. The van der Waals surface area contributed by atoms with Crippen molar-refractivity contribution in [3.63, 3.8) is 0 Å². The van der Waals surface area contributed by atoms with Crippen LogP contribution in [0.1, 0.15) is 24.6 Å². The highest BCUT2D eigenvalue weighted by atomic mass is 16.4. The van der Waals surface area contributed by atoms with Crippen molar-refractivity contribution in [2.75, 3.05) is 5.32 Å². The molecule has 19 heavy (non-hydrogen) atoms. The van der Waals surface area contributed by atoms with Crippen LogP contribution >= 0.6 is 0 Å². The molecule has 8 heteroatoms. The molecule has 0 fully saturated rings. The average Bonchev–Trinajstić information content (AvgIpc) is 2.97. The second-order valence-electron chi connectivity index (χ2n) is 4.19. The molecule has 3 aromatic heterocycles. The fourth-order valence-corrected chi connectivity index (χ4v) is 1.74. The molecule has 0 saturated heterocycles. The normalized spacial score (nSPS) is 12.7. The quantitative estimate of drug-likeness (QED) is 0.725. The zero-order valence-electron chi connectivity index (χ0n) is 10.4. The SMILES string of the molecule is Cc1cnc(C(C)Nc2ccc3n[nH]c(=O)n3n2)o1. The van der Waals surface area contributed by atoms with Gasteiger partial charge in [0.15, 0.2) is 5.65 Å². The van der Waals surface area contributed by atoms with Crippen molar-refractivity contribution in [1.29, 1.82) is 0 Å². The third-order valence-electron chi connectivity index (χ3n) is 2.65. The van der Waals surface area contributed by atoms with E-state index < -0.39 is 0 Å². The number of oxazole rings is 1. The minimum atomic E-state index is -0.377. The topological polar surface area (TPSA) is 101 Å². The lowest BCUT2D eigenvalue weighted by molar-refractivity contribution is 0.453. The molecule has 3 heterocycles. The maximum Gasteiger partial charge on any atom is 0.364 e. The van der Waals surface area contributed by atoms with Gasteiger partial charge in [-0.25, -0.2) is 14.9 Å². The van der Waals surface area contributed by atoms with Crippen molar-refractivity contribution in [2.24, 2.45) is 0 Å². The molecule has 0 aromatic carbocycles. The van der Waals surface area contributed by atoms with E-state index in [1.807, 2.05) is 13.8 Å². The molecule has 0 amide bonds. The van der Waals surface area contributed by atoms with Crippen LogP contribution in [0.3, 0.4) is 0 Å². The zero-order valence-corrected chi connectivity index (χ0v) is 10.4. The summed E-state index contributed by atoms with van der Waals surface area (Å²) in [6.45, 7) is 3.73. The summed E-state index contributed by atoms with van der Waals surface area (Å²) in [4.78, 5) is 15.6. The molecule has 0 radical (unpaired) electrons. The largest absolute Gasteiger partial charge is 0.444 e. The summed E-state index contributed by atoms with van der Waals surface area (Å²) < 4.78 is 6.62. The van der Waals surface area contributed by atoms with Crippen LogP contribution in [0, 0.1) is 6.92 Å². The van der Waals surface area contributed by atoms with Gasteiger partial charge in [-0.1, -0.05) is 0 Å². The molecule has 2 N–H and O–H groups in total. The van der Waals surface area contributed by atoms with Crippen molar-refractivity contribution in [1.82, 2.24) is 24.8 Å². The van der Waals surface area contributed by atoms with E-state index in [-0.39, 0.29) is 11.7 Å². The van der Waals surface area contributed by atoms with E-state index >= 15 is 0 Å². The Morgan fingerprint density at radius 1 is 1.47 bits per heavy atom. The zero-order chi connectivity index (χ0) is 13.4. The summed E-state index contributed by atoms with van der Waals surface area (Å²) in [5, 5.41) is 13.4. The lowest BCUT2D eigenvalue weighted by Crippen LogP contribution is -2.15. The molecule has 1 atom stereocenters. The van der Waals surface area contributed by atoms with Gasteiger partial charge in [-0.15, -0.1) is 5.10 Å². The number of aryl methyl sites for hydroxylation is 1. The molecule has 0 aliphatic carbocycles. The molecule has 0 saturated carbocycles. The first kappa shape index (κ1) is 11.5. The van der Waals surface area contributed by atoms with Gasteiger partial charge in [0.05, 0.1) is 6.20 Å². The van der Waals surface area contributed by atoms with Gasteiger partial charge >= 0.3 is 5.69 Å². The Morgan fingerprint density at radius 2 is 2.32 bits per heavy atom. The van der Waals surface area contributed by atoms with Crippen LogP contribution in [0.5, 0.6) is 0 Å². The lowest BCUT2D eigenvalue weighted by atomic mass is 10.3. The average molecular weight is 260 g/mol. The van der Waals surface area contributed by atoms with Crippen molar-refractivity contribution in [3.8, 4) is 0 Å². The van der Waals surface area contributed by atoms with Crippen molar-refractivity contribution in [3.05, 3.63) is 40.5 Å². The Morgan fingerprint density at radius 3 is 3.05 bits per heavy atom. The highest BCUT2D eigenvalue weighted by Gasteiger charge is 2.12. The van der Waals surface area contributed by atoms with E-state index in [1.54, 1.807) is 18.3 Å². The second-order valence-corrected chi connectivity index (χ2v) is 4.19. The third kappa shape index (κ3) is 2.07. The van der Waals surface area contributed by atoms with Gasteiger partial charge in [0.25, 0.3) is 0 Å². The molecule has 0 aliphatic rings. The van der Waals surface area contributed by atoms with Gasteiger partial charge in [-0.2, -0.15) is 9.61 Å². The number of fused-ring (bicyclic) bond motifs is 1. The molecule has 3 aromatic rings. The molecular weight excluding hydrogens is 248 g/mol. The van der Waals surface area contributed by atoms with E-state index in [0.717, 1.165) is 5.76 Å². The van der Waals surface area contributed by atoms with Crippen LogP contribution in [-0.2, 0) is 0 Å². The predicted molar refractivity (Wildman–Crippen MR) is 66.9 cm³/mol. The molecule has 1 unspecified atom stereocenters. The monoisotopic (exact) mass is 260 g/mol.